The Balaban J connectivity index is 1.20. The van der Waals surface area contributed by atoms with Gasteiger partial charge >= 0.3 is 6.03 Å². The minimum atomic E-state index is -0.320. The van der Waals surface area contributed by atoms with Crippen LogP contribution in [0.2, 0.25) is 0 Å². The maximum atomic E-state index is 13.0. The number of carbonyl (C=O) groups is 2. The van der Waals surface area contributed by atoms with E-state index in [0.29, 0.717) is 36.4 Å². The highest BCUT2D eigenvalue weighted by atomic mass is 16.2. The number of hydrogen-bond donors (Lipinski definition) is 4. The molecule has 6 N–H and O–H groups in total. The second-order valence-corrected chi connectivity index (χ2v) is 9.10. The molecule has 10 nitrogen and oxygen atoms in total. The number of nitrogens with one attached hydrogen (secondary N) is 2. The van der Waals surface area contributed by atoms with Gasteiger partial charge in [0.1, 0.15) is 5.82 Å². The number of urea groups is 1. The van der Waals surface area contributed by atoms with Gasteiger partial charge in [-0.3, -0.25) is 9.48 Å². The van der Waals surface area contributed by atoms with Crippen molar-refractivity contribution in [2.75, 3.05) is 29.9 Å². The first kappa shape index (κ1) is 23.9. The number of likely N-dealkylation sites (tertiary alicyclic amines) is 1. The molecule has 5 rings (SSSR count). The molecule has 2 aromatic heterocycles. The second-order valence-electron chi connectivity index (χ2n) is 9.10. The first-order chi connectivity index (χ1) is 17.9. The molecule has 0 unspecified atom stereocenters. The van der Waals surface area contributed by atoms with Crippen LogP contribution in [0.5, 0.6) is 0 Å². The van der Waals surface area contributed by atoms with Gasteiger partial charge in [-0.25, -0.2) is 9.78 Å². The highest BCUT2D eigenvalue weighted by Crippen LogP contribution is 2.25. The summed E-state index contributed by atoms with van der Waals surface area (Å²) in [6.45, 7) is 0.919. The van der Waals surface area contributed by atoms with E-state index in [-0.39, 0.29) is 23.8 Å². The van der Waals surface area contributed by atoms with Crippen LogP contribution in [0.3, 0.4) is 0 Å². The van der Waals surface area contributed by atoms with Gasteiger partial charge < -0.3 is 27.0 Å². The van der Waals surface area contributed by atoms with E-state index in [2.05, 4.69) is 20.7 Å². The van der Waals surface area contributed by atoms with E-state index in [1.165, 1.54) is 0 Å². The smallest absolute Gasteiger partial charge is 0.321 e. The maximum absolute atomic E-state index is 13.0. The van der Waals surface area contributed by atoms with E-state index in [1.807, 2.05) is 61.8 Å². The molecule has 1 aliphatic rings. The highest BCUT2D eigenvalue weighted by molar-refractivity contribution is 5.99. The van der Waals surface area contributed by atoms with Crippen molar-refractivity contribution in [2.45, 2.75) is 12.5 Å². The van der Waals surface area contributed by atoms with Gasteiger partial charge in [-0.1, -0.05) is 24.3 Å². The molecule has 3 heterocycles. The molecule has 3 amide bonds. The third-order valence-corrected chi connectivity index (χ3v) is 6.37. The van der Waals surface area contributed by atoms with E-state index in [4.69, 9.17) is 11.5 Å². The van der Waals surface area contributed by atoms with Gasteiger partial charge in [0.05, 0.1) is 11.8 Å². The lowest BCUT2D eigenvalue weighted by Crippen LogP contribution is -2.40. The van der Waals surface area contributed by atoms with Crippen LogP contribution in [0, 0.1) is 0 Å². The monoisotopic (exact) mass is 496 g/mol. The summed E-state index contributed by atoms with van der Waals surface area (Å²) >= 11 is 0. The molecule has 1 fully saturated rings. The number of hydrogen-bond acceptors (Lipinski definition) is 6. The standard InChI is InChI=1S/C27H28N8O2/c1-34-15-20(14-31-34)19-12-24(25(29)30-13-19)26(36)32-23-9-10-35(16-23)27(37)33-22-4-2-3-18(11-22)17-5-7-21(28)8-6-17/h2-8,11-15,23H,9-10,16,28H2,1H3,(H2,29,30)(H,32,36)(H,33,37)/t23-/m1/s1. The average molecular weight is 497 g/mol. The van der Waals surface area contributed by atoms with Crippen molar-refractivity contribution < 1.29 is 9.59 Å². The fraction of sp³-hybridized carbons (Fsp3) is 0.185. The van der Waals surface area contributed by atoms with Gasteiger partial charge in [-0.15, -0.1) is 0 Å². The molecule has 0 aliphatic carbocycles. The molecule has 0 bridgehead atoms. The Labute approximate surface area is 214 Å². The summed E-state index contributed by atoms with van der Waals surface area (Å²) in [5.74, 6) is -0.169. The normalized spacial score (nSPS) is 14.9. The van der Waals surface area contributed by atoms with E-state index in [0.717, 1.165) is 22.3 Å². The molecule has 0 saturated carbocycles. The van der Waals surface area contributed by atoms with E-state index < -0.39 is 0 Å². The Morgan fingerprint density at radius 2 is 1.78 bits per heavy atom. The molecule has 1 aliphatic heterocycles. The van der Waals surface area contributed by atoms with Gasteiger partial charge in [0.2, 0.25) is 0 Å². The number of nitrogens with two attached hydrogens (primary N) is 2. The van der Waals surface area contributed by atoms with Crippen molar-refractivity contribution in [1.82, 2.24) is 25.0 Å². The van der Waals surface area contributed by atoms with E-state index >= 15 is 0 Å². The van der Waals surface area contributed by atoms with Crippen LogP contribution in [0.4, 0.5) is 22.0 Å². The number of carbonyl (C=O) groups excluding carboxylic acids is 2. The van der Waals surface area contributed by atoms with Crippen molar-refractivity contribution in [3.8, 4) is 22.3 Å². The average Bonchev–Trinajstić information content (AvgIpc) is 3.54. The summed E-state index contributed by atoms with van der Waals surface area (Å²) in [6.07, 6.45) is 5.80. The number of anilines is 3. The molecule has 0 radical (unpaired) electrons. The fourth-order valence-corrected chi connectivity index (χ4v) is 4.37. The topological polar surface area (TPSA) is 144 Å². The molecule has 2 aromatic carbocycles. The summed E-state index contributed by atoms with van der Waals surface area (Å²) in [4.78, 5) is 31.8. The third kappa shape index (κ3) is 5.37. The SMILES string of the molecule is Cn1cc(-c2cnc(N)c(C(=O)N[C@@H]3CCN(C(=O)Nc4cccc(-c5ccc(N)cc5)c4)C3)c2)cn1. The Kier molecular flexibility index (Phi) is 6.46. The molecule has 1 saturated heterocycles. The van der Waals surface area contributed by atoms with Crippen LogP contribution in [-0.4, -0.2) is 50.7 Å². The first-order valence-corrected chi connectivity index (χ1v) is 11.9. The highest BCUT2D eigenvalue weighted by Gasteiger charge is 2.28. The van der Waals surface area contributed by atoms with Crippen molar-refractivity contribution >= 4 is 29.1 Å². The Hall–Kier alpha value is -4.86. The molecule has 37 heavy (non-hydrogen) atoms. The zero-order valence-corrected chi connectivity index (χ0v) is 20.4. The molecule has 10 heteroatoms. The van der Waals surface area contributed by atoms with Gasteiger partial charge in [-0.2, -0.15) is 5.10 Å². The molecule has 4 aromatic rings. The van der Waals surface area contributed by atoms with Gasteiger partial charge in [0.15, 0.2) is 0 Å². The number of nitrogen functional groups attached to an aromatic ring is 2. The van der Waals surface area contributed by atoms with Crippen molar-refractivity contribution in [2.24, 2.45) is 7.05 Å². The largest absolute Gasteiger partial charge is 0.399 e. The number of rotatable bonds is 5. The Morgan fingerprint density at radius 1 is 0.973 bits per heavy atom. The van der Waals surface area contributed by atoms with Crippen molar-refractivity contribution in [3.63, 3.8) is 0 Å². The fourth-order valence-electron chi connectivity index (χ4n) is 4.37. The lowest BCUT2D eigenvalue weighted by Gasteiger charge is -2.18. The van der Waals surface area contributed by atoms with Crippen LogP contribution in [0.25, 0.3) is 22.3 Å². The summed E-state index contributed by atoms with van der Waals surface area (Å²) < 4.78 is 1.68. The Morgan fingerprint density at radius 3 is 2.54 bits per heavy atom. The molecular weight excluding hydrogens is 468 g/mol. The summed E-state index contributed by atoms with van der Waals surface area (Å²) in [5, 5.41) is 10.1. The zero-order chi connectivity index (χ0) is 25.9. The van der Waals surface area contributed by atoms with Gasteiger partial charge in [0, 0.05) is 61.1 Å². The molecule has 188 valence electrons. The number of amides is 3. The molecular formula is C27H28N8O2. The van der Waals surface area contributed by atoms with Crippen molar-refractivity contribution in [1.29, 1.82) is 0 Å². The summed E-state index contributed by atoms with van der Waals surface area (Å²) in [5.41, 5.74) is 17.0. The van der Waals surface area contributed by atoms with Crippen LogP contribution < -0.4 is 22.1 Å². The lowest BCUT2D eigenvalue weighted by atomic mass is 10.0. The van der Waals surface area contributed by atoms with E-state index in [1.54, 1.807) is 28.0 Å². The number of aromatic nitrogens is 3. The second kappa shape index (κ2) is 10.0. The first-order valence-electron chi connectivity index (χ1n) is 11.9. The minimum Gasteiger partial charge on any atom is -0.399 e. The van der Waals surface area contributed by atoms with Crippen LogP contribution >= 0.6 is 0 Å². The van der Waals surface area contributed by atoms with Crippen molar-refractivity contribution in [3.05, 3.63) is 78.8 Å². The number of nitrogens with zero attached hydrogens (tertiary/aromatic N) is 4. The number of pyridine rings is 1. The summed E-state index contributed by atoms with van der Waals surface area (Å²) in [6, 6.07) is 16.5. The molecule has 1 atom stereocenters. The van der Waals surface area contributed by atoms with Crippen LogP contribution in [-0.2, 0) is 7.05 Å². The summed E-state index contributed by atoms with van der Waals surface area (Å²) in [7, 11) is 1.82. The lowest BCUT2D eigenvalue weighted by molar-refractivity contribution is 0.0938. The predicted molar refractivity (Wildman–Crippen MR) is 144 cm³/mol. The van der Waals surface area contributed by atoms with Gasteiger partial charge in [0.25, 0.3) is 5.91 Å². The number of benzene rings is 2. The predicted octanol–water partition coefficient (Wildman–Crippen LogP) is 3.35. The van der Waals surface area contributed by atoms with Crippen LogP contribution in [0.1, 0.15) is 16.8 Å². The van der Waals surface area contributed by atoms with E-state index in [9.17, 15) is 9.59 Å². The Bertz CT molecular complexity index is 1450. The third-order valence-electron chi connectivity index (χ3n) is 6.37. The minimum absolute atomic E-state index is 0.152. The zero-order valence-electron chi connectivity index (χ0n) is 20.4. The maximum Gasteiger partial charge on any atom is 0.321 e. The number of aryl methyl sites for hydroxylation is 1. The quantitative estimate of drug-likeness (QED) is 0.312. The van der Waals surface area contributed by atoms with Crippen LogP contribution in [0.15, 0.2) is 73.2 Å². The van der Waals surface area contributed by atoms with Gasteiger partial charge in [-0.05, 0) is 47.9 Å². The molecule has 0 spiro atoms.